The second kappa shape index (κ2) is 10.9. The van der Waals surface area contributed by atoms with Gasteiger partial charge in [0.1, 0.15) is 11.6 Å². The molecule has 0 saturated heterocycles. The summed E-state index contributed by atoms with van der Waals surface area (Å²) in [7, 11) is 1.75. The number of hydrogen-bond donors (Lipinski definition) is 2. The SMILES string of the molecule is CN=C(NCCCc1nnc2ccccn12)NCCc1ccc(F)cc1C.I. The third-order valence-corrected chi connectivity index (χ3v) is 4.47. The lowest BCUT2D eigenvalue weighted by atomic mass is 10.1. The van der Waals surface area contributed by atoms with E-state index in [1.54, 1.807) is 13.1 Å². The minimum Gasteiger partial charge on any atom is -0.356 e. The summed E-state index contributed by atoms with van der Waals surface area (Å²) < 4.78 is 15.2. The predicted molar refractivity (Wildman–Crippen MR) is 121 cm³/mol. The zero-order valence-corrected chi connectivity index (χ0v) is 18.5. The lowest BCUT2D eigenvalue weighted by Gasteiger charge is -2.12. The van der Waals surface area contributed by atoms with E-state index >= 15 is 0 Å². The van der Waals surface area contributed by atoms with E-state index in [0.717, 1.165) is 60.9 Å². The van der Waals surface area contributed by atoms with Gasteiger partial charge in [0.15, 0.2) is 11.6 Å². The number of fused-ring (bicyclic) bond motifs is 1. The van der Waals surface area contributed by atoms with Crippen molar-refractivity contribution in [3.63, 3.8) is 0 Å². The van der Waals surface area contributed by atoms with Crippen LogP contribution in [-0.4, -0.2) is 40.7 Å². The van der Waals surface area contributed by atoms with E-state index in [2.05, 4.69) is 25.8 Å². The smallest absolute Gasteiger partial charge is 0.190 e. The monoisotopic (exact) mass is 496 g/mol. The molecule has 0 unspecified atom stereocenters. The van der Waals surface area contributed by atoms with Gasteiger partial charge < -0.3 is 10.6 Å². The van der Waals surface area contributed by atoms with Gasteiger partial charge in [-0.05, 0) is 55.2 Å². The van der Waals surface area contributed by atoms with Crippen molar-refractivity contribution in [3.05, 3.63) is 65.4 Å². The topological polar surface area (TPSA) is 66.6 Å². The molecule has 0 aliphatic carbocycles. The fraction of sp³-hybridized carbons (Fsp3) is 0.350. The quantitative estimate of drug-likeness (QED) is 0.228. The Hall–Kier alpha value is -2.23. The molecule has 1 aromatic carbocycles. The summed E-state index contributed by atoms with van der Waals surface area (Å²) in [6.07, 6.45) is 4.56. The summed E-state index contributed by atoms with van der Waals surface area (Å²) in [4.78, 5) is 4.24. The van der Waals surface area contributed by atoms with Crippen molar-refractivity contribution in [3.8, 4) is 0 Å². The Kier molecular flexibility index (Phi) is 8.62. The molecule has 0 radical (unpaired) electrons. The Balaban J connectivity index is 0.00000280. The molecule has 0 atom stereocenters. The first kappa shape index (κ1) is 22.1. The predicted octanol–water partition coefficient (Wildman–Crippen LogP) is 3.14. The van der Waals surface area contributed by atoms with Crippen molar-refractivity contribution in [1.29, 1.82) is 0 Å². The normalized spacial score (nSPS) is 11.3. The first-order valence-corrected chi connectivity index (χ1v) is 9.15. The first-order valence-electron chi connectivity index (χ1n) is 9.15. The van der Waals surface area contributed by atoms with Gasteiger partial charge in [-0.25, -0.2) is 4.39 Å². The molecule has 0 aliphatic heterocycles. The van der Waals surface area contributed by atoms with Crippen molar-refractivity contribution >= 4 is 35.6 Å². The van der Waals surface area contributed by atoms with E-state index in [1.165, 1.54) is 6.07 Å². The Morgan fingerprint density at radius 2 is 1.93 bits per heavy atom. The molecule has 0 spiro atoms. The van der Waals surface area contributed by atoms with Crippen LogP contribution in [0.3, 0.4) is 0 Å². The maximum atomic E-state index is 13.2. The summed E-state index contributed by atoms with van der Waals surface area (Å²) in [5.74, 6) is 1.53. The van der Waals surface area contributed by atoms with Crippen LogP contribution in [-0.2, 0) is 12.8 Å². The highest BCUT2D eigenvalue weighted by molar-refractivity contribution is 14.0. The number of guanidine groups is 1. The van der Waals surface area contributed by atoms with Gasteiger partial charge in [-0.15, -0.1) is 34.2 Å². The number of pyridine rings is 1. The van der Waals surface area contributed by atoms with Crippen LogP contribution in [0, 0.1) is 12.7 Å². The van der Waals surface area contributed by atoms with Crippen LogP contribution in [0.5, 0.6) is 0 Å². The Morgan fingerprint density at radius 3 is 2.71 bits per heavy atom. The van der Waals surface area contributed by atoms with Gasteiger partial charge in [0.2, 0.25) is 0 Å². The molecule has 0 aliphatic rings. The van der Waals surface area contributed by atoms with E-state index in [1.807, 2.05) is 41.8 Å². The molecule has 2 heterocycles. The average Bonchev–Trinajstić information content (AvgIpc) is 3.08. The lowest BCUT2D eigenvalue weighted by Crippen LogP contribution is -2.38. The van der Waals surface area contributed by atoms with Crippen LogP contribution >= 0.6 is 24.0 Å². The van der Waals surface area contributed by atoms with Gasteiger partial charge >= 0.3 is 0 Å². The number of aromatic nitrogens is 3. The van der Waals surface area contributed by atoms with Crippen molar-refractivity contribution in [2.75, 3.05) is 20.1 Å². The Labute approximate surface area is 181 Å². The molecule has 3 aromatic rings. The van der Waals surface area contributed by atoms with Crippen molar-refractivity contribution in [2.45, 2.75) is 26.2 Å². The van der Waals surface area contributed by atoms with Gasteiger partial charge in [0, 0.05) is 32.8 Å². The lowest BCUT2D eigenvalue weighted by molar-refractivity contribution is 0.625. The number of benzene rings is 1. The fourth-order valence-corrected chi connectivity index (χ4v) is 2.99. The third-order valence-electron chi connectivity index (χ3n) is 4.47. The highest BCUT2D eigenvalue weighted by atomic mass is 127. The molecule has 2 N–H and O–H groups in total. The summed E-state index contributed by atoms with van der Waals surface area (Å²) in [6.45, 7) is 3.46. The van der Waals surface area contributed by atoms with Crippen LogP contribution < -0.4 is 10.6 Å². The van der Waals surface area contributed by atoms with Gasteiger partial charge in [-0.1, -0.05) is 12.1 Å². The van der Waals surface area contributed by atoms with E-state index in [9.17, 15) is 4.39 Å². The maximum absolute atomic E-state index is 13.2. The maximum Gasteiger partial charge on any atom is 0.190 e. The molecule has 2 aromatic heterocycles. The van der Waals surface area contributed by atoms with E-state index in [-0.39, 0.29) is 29.8 Å². The third kappa shape index (κ3) is 5.88. The first-order chi connectivity index (χ1) is 13.2. The van der Waals surface area contributed by atoms with Crippen LogP contribution in [0.4, 0.5) is 4.39 Å². The minimum atomic E-state index is -0.192. The summed E-state index contributed by atoms with van der Waals surface area (Å²) in [6, 6.07) is 10.8. The van der Waals surface area contributed by atoms with Crippen LogP contribution in [0.2, 0.25) is 0 Å². The summed E-state index contributed by atoms with van der Waals surface area (Å²) in [5.41, 5.74) is 2.98. The second-order valence-corrected chi connectivity index (χ2v) is 6.40. The van der Waals surface area contributed by atoms with E-state index < -0.39 is 0 Å². The van der Waals surface area contributed by atoms with Crippen LogP contribution in [0.15, 0.2) is 47.6 Å². The number of nitrogens with one attached hydrogen (secondary N) is 2. The molecule has 28 heavy (non-hydrogen) atoms. The molecule has 6 nitrogen and oxygen atoms in total. The molecule has 3 rings (SSSR count). The van der Waals surface area contributed by atoms with Crippen LogP contribution in [0.25, 0.3) is 5.65 Å². The van der Waals surface area contributed by atoms with Gasteiger partial charge in [-0.2, -0.15) is 0 Å². The standard InChI is InChI=1S/C20H25FN6.HI/c1-15-14-17(21)9-8-16(15)10-12-24-20(22-2)23-11-5-7-19-26-25-18-6-3-4-13-27(18)19;/h3-4,6,8-9,13-14H,5,7,10-12H2,1-2H3,(H2,22,23,24);1H. The van der Waals surface area contributed by atoms with Crippen molar-refractivity contribution in [2.24, 2.45) is 4.99 Å². The zero-order chi connectivity index (χ0) is 19.1. The molecule has 8 heteroatoms. The highest BCUT2D eigenvalue weighted by Gasteiger charge is 2.05. The molecule has 0 fully saturated rings. The van der Waals surface area contributed by atoms with Crippen LogP contribution in [0.1, 0.15) is 23.4 Å². The summed E-state index contributed by atoms with van der Waals surface area (Å²) >= 11 is 0. The van der Waals surface area contributed by atoms with E-state index in [0.29, 0.717) is 0 Å². The van der Waals surface area contributed by atoms with Crippen molar-refractivity contribution < 1.29 is 4.39 Å². The van der Waals surface area contributed by atoms with Gasteiger partial charge in [-0.3, -0.25) is 9.39 Å². The molecule has 0 bridgehead atoms. The minimum absolute atomic E-state index is 0. The van der Waals surface area contributed by atoms with Crippen molar-refractivity contribution in [1.82, 2.24) is 25.2 Å². The molecular formula is C20H26FIN6. The Morgan fingerprint density at radius 1 is 1.11 bits per heavy atom. The number of aryl methyl sites for hydroxylation is 2. The molecule has 150 valence electrons. The highest BCUT2D eigenvalue weighted by Crippen LogP contribution is 2.10. The largest absolute Gasteiger partial charge is 0.356 e. The number of nitrogens with zero attached hydrogens (tertiary/aromatic N) is 4. The fourth-order valence-electron chi connectivity index (χ4n) is 2.99. The Bertz CT molecular complexity index is 924. The average molecular weight is 496 g/mol. The zero-order valence-electron chi connectivity index (χ0n) is 16.2. The van der Waals surface area contributed by atoms with E-state index in [4.69, 9.17) is 0 Å². The summed E-state index contributed by atoms with van der Waals surface area (Å²) in [5, 5.41) is 15.0. The second-order valence-electron chi connectivity index (χ2n) is 6.40. The number of aliphatic imine (C=N–C) groups is 1. The number of halogens is 2. The number of rotatable bonds is 7. The molecule has 0 saturated carbocycles. The molecular weight excluding hydrogens is 470 g/mol. The number of hydrogen-bond acceptors (Lipinski definition) is 3. The van der Waals surface area contributed by atoms with Gasteiger partial charge in [0.25, 0.3) is 0 Å². The molecule has 0 amide bonds. The van der Waals surface area contributed by atoms with Gasteiger partial charge in [0.05, 0.1) is 0 Å².